The summed E-state index contributed by atoms with van der Waals surface area (Å²) < 4.78 is 19.3. The highest BCUT2D eigenvalue weighted by atomic mass is 19.1. The lowest BCUT2D eigenvalue weighted by molar-refractivity contribution is 0.298. The third-order valence-electron chi connectivity index (χ3n) is 2.92. The second kappa shape index (κ2) is 4.67. The van der Waals surface area contributed by atoms with Crippen molar-refractivity contribution in [2.45, 2.75) is 40.0 Å². The molecule has 0 atom stereocenters. The minimum atomic E-state index is -0.126. The number of ether oxygens (including phenoxy) is 1. The van der Waals surface area contributed by atoms with Crippen LogP contribution in [0.25, 0.3) is 0 Å². The first-order valence-electron chi connectivity index (χ1n) is 6.35. The monoisotopic (exact) mass is 236 g/mol. The minimum Gasteiger partial charge on any atom is -0.493 e. The van der Waals surface area contributed by atoms with Gasteiger partial charge in [-0.1, -0.05) is 20.8 Å². The molecule has 1 aromatic rings. The molecule has 2 rings (SSSR count). The average molecular weight is 236 g/mol. The number of halogens is 1. The Morgan fingerprint density at radius 2 is 2.00 bits per heavy atom. The molecule has 1 aromatic carbocycles. The topological polar surface area (TPSA) is 9.23 Å². The molecule has 0 amide bonds. The van der Waals surface area contributed by atoms with Crippen molar-refractivity contribution in [3.05, 3.63) is 29.6 Å². The molecule has 0 aromatic heterocycles. The Morgan fingerprint density at radius 1 is 1.29 bits per heavy atom. The van der Waals surface area contributed by atoms with Gasteiger partial charge < -0.3 is 4.74 Å². The van der Waals surface area contributed by atoms with Crippen LogP contribution in [0.15, 0.2) is 18.2 Å². The molecule has 0 spiro atoms. The molecular formula is C15H21FO. The van der Waals surface area contributed by atoms with E-state index in [1.54, 1.807) is 6.07 Å². The van der Waals surface area contributed by atoms with Crippen molar-refractivity contribution in [1.29, 1.82) is 0 Å². The molecule has 1 saturated carbocycles. The van der Waals surface area contributed by atoms with Crippen LogP contribution in [-0.2, 0) is 6.42 Å². The summed E-state index contributed by atoms with van der Waals surface area (Å²) in [4.78, 5) is 0. The van der Waals surface area contributed by atoms with Crippen molar-refractivity contribution in [2.75, 3.05) is 6.61 Å². The van der Waals surface area contributed by atoms with Gasteiger partial charge in [0.1, 0.15) is 11.6 Å². The summed E-state index contributed by atoms with van der Waals surface area (Å²) in [5, 5.41) is 0. The van der Waals surface area contributed by atoms with E-state index in [0.29, 0.717) is 0 Å². The van der Waals surface area contributed by atoms with Gasteiger partial charge >= 0.3 is 0 Å². The van der Waals surface area contributed by atoms with Crippen LogP contribution in [0.3, 0.4) is 0 Å². The first-order valence-corrected chi connectivity index (χ1v) is 6.35. The summed E-state index contributed by atoms with van der Waals surface area (Å²) in [6, 6.07) is 5.09. The van der Waals surface area contributed by atoms with E-state index >= 15 is 0 Å². The Balaban J connectivity index is 2.05. The zero-order chi connectivity index (χ0) is 12.5. The van der Waals surface area contributed by atoms with E-state index in [1.165, 1.54) is 18.9 Å². The Bertz CT molecular complexity index is 388. The van der Waals surface area contributed by atoms with Crippen LogP contribution in [0.4, 0.5) is 4.39 Å². The van der Waals surface area contributed by atoms with Crippen molar-refractivity contribution < 1.29 is 9.13 Å². The van der Waals surface area contributed by atoms with Gasteiger partial charge in [-0.05, 0) is 54.4 Å². The molecule has 0 bridgehead atoms. The molecule has 1 fully saturated rings. The highest BCUT2D eigenvalue weighted by Crippen LogP contribution is 2.30. The second-order valence-electron chi connectivity index (χ2n) is 6.25. The molecular weight excluding hydrogens is 215 g/mol. The van der Waals surface area contributed by atoms with Gasteiger partial charge in [-0.25, -0.2) is 4.39 Å². The Morgan fingerprint density at radius 3 is 2.59 bits per heavy atom. The van der Waals surface area contributed by atoms with E-state index < -0.39 is 0 Å². The van der Waals surface area contributed by atoms with E-state index in [9.17, 15) is 4.39 Å². The lowest BCUT2D eigenvalue weighted by atomic mass is 9.88. The Hall–Kier alpha value is -1.05. The lowest BCUT2D eigenvalue weighted by Gasteiger charge is -2.19. The molecule has 0 aliphatic heterocycles. The van der Waals surface area contributed by atoms with Crippen LogP contribution < -0.4 is 4.74 Å². The fourth-order valence-electron chi connectivity index (χ4n) is 1.85. The summed E-state index contributed by atoms with van der Waals surface area (Å²) >= 11 is 0. The quantitative estimate of drug-likeness (QED) is 0.761. The van der Waals surface area contributed by atoms with Gasteiger partial charge in [-0.2, -0.15) is 0 Å². The summed E-state index contributed by atoms with van der Waals surface area (Å²) in [6.07, 6.45) is 3.28. The molecule has 0 heterocycles. The fourth-order valence-corrected chi connectivity index (χ4v) is 1.85. The highest BCUT2D eigenvalue weighted by molar-refractivity contribution is 5.30. The molecule has 1 aliphatic carbocycles. The van der Waals surface area contributed by atoms with E-state index in [1.807, 2.05) is 6.07 Å². The summed E-state index contributed by atoms with van der Waals surface area (Å²) in [6.45, 7) is 7.12. The van der Waals surface area contributed by atoms with Crippen LogP contribution in [0.1, 0.15) is 39.2 Å². The summed E-state index contributed by atoms with van der Waals surface area (Å²) in [5.41, 5.74) is 0.849. The molecule has 2 heteroatoms. The van der Waals surface area contributed by atoms with Crippen LogP contribution in [0.5, 0.6) is 5.75 Å². The Kier molecular flexibility index (Phi) is 3.41. The normalized spacial score (nSPS) is 16.0. The minimum absolute atomic E-state index is 0.0932. The number of hydrogen-bond acceptors (Lipinski definition) is 1. The largest absolute Gasteiger partial charge is 0.493 e. The molecule has 94 valence electrons. The molecule has 0 N–H and O–H groups in total. The molecule has 0 saturated heterocycles. The molecule has 1 nitrogen and oxygen atoms in total. The number of rotatable bonds is 4. The van der Waals surface area contributed by atoms with E-state index in [-0.39, 0.29) is 11.2 Å². The predicted octanol–water partition coefficient (Wildman–Crippen LogP) is 4.20. The fraction of sp³-hybridized carbons (Fsp3) is 0.600. The maximum absolute atomic E-state index is 13.7. The van der Waals surface area contributed by atoms with Gasteiger partial charge in [0, 0.05) is 0 Å². The number of hydrogen-bond donors (Lipinski definition) is 0. The van der Waals surface area contributed by atoms with Crippen LogP contribution in [-0.4, -0.2) is 6.61 Å². The summed E-state index contributed by atoms with van der Waals surface area (Å²) in [7, 11) is 0. The van der Waals surface area contributed by atoms with Crippen molar-refractivity contribution in [2.24, 2.45) is 11.3 Å². The van der Waals surface area contributed by atoms with Crippen molar-refractivity contribution in [3.63, 3.8) is 0 Å². The van der Waals surface area contributed by atoms with Crippen molar-refractivity contribution in [1.82, 2.24) is 0 Å². The van der Waals surface area contributed by atoms with Gasteiger partial charge in [0.25, 0.3) is 0 Å². The standard InChI is InChI=1S/C15H21FO/c1-15(2,3)9-12-8-13(6-7-14(12)16)17-10-11-4-5-11/h6-8,11H,4-5,9-10H2,1-3H3. The first kappa shape index (κ1) is 12.4. The van der Waals surface area contributed by atoms with Crippen molar-refractivity contribution in [3.8, 4) is 5.75 Å². The molecule has 0 radical (unpaired) electrons. The van der Waals surface area contributed by atoms with Gasteiger partial charge in [-0.3, -0.25) is 0 Å². The van der Waals surface area contributed by atoms with E-state index in [0.717, 1.165) is 30.3 Å². The summed E-state index contributed by atoms with van der Waals surface area (Å²) in [5.74, 6) is 1.40. The molecule has 1 aliphatic rings. The smallest absolute Gasteiger partial charge is 0.126 e. The average Bonchev–Trinajstić information content (AvgIpc) is 3.01. The maximum Gasteiger partial charge on any atom is 0.126 e. The van der Waals surface area contributed by atoms with Crippen LogP contribution in [0.2, 0.25) is 0 Å². The third-order valence-corrected chi connectivity index (χ3v) is 2.92. The Labute approximate surface area is 103 Å². The second-order valence-corrected chi connectivity index (χ2v) is 6.25. The van der Waals surface area contributed by atoms with Crippen LogP contribution in [0, 0.1) is 17.2 Å². The maximum atomic E-state index is 13.7. The van der Waals surface area contributed by atoms with Gasteiger partial charge in [-0.15, -0.1) is 0 Å². The van der Waals surface area contributed by atoms with Gasteiger partial charge in [0.2, 0.25) is 0 Å². The lowest BCUT2D eigenvalue weighted by Crippen LogP contribution is -2.11. The van der Waals surface area contributed by atoms with Gasteiger partial charge in [0.15, 0.2) is 0 Å². The van der Waals surface area contributed by atoms with Crippen LogP contribution >= 0.6 is 0 Å². The molecule has 0 unspecified atom stereocenters. The zero-order valence-corrected chi connectivity index (χ0v) is 10.9. The third kappa shape index (κ3) is 4.03. The number of benzene rings is 1. The SMILES string of the molecule is CC(C)(C)Cc1cc(OCC2CC2)ccc1F. The van der Waals surface area contributed by atoms with E-state index in [2.05, 4.69) is 20.8 Å². The van der Waals surface area contributed by atoms with E-state index in [4.69, 9.17) is 4.74 Å². The zero-order valence-electron chi connectivity index (χ0n) is 10.9. The first-order chi connectivity index (χ1) is 7.94. The molecule has 17 heavy (non-hydrogen) atoms. The van der Waals surface area contributed by atoms with Crippen molar-refractivity contribution >= 4 is 0 Å². The predicted molar refractivity (Wildman–Crippen MR) is 67.8 cm³/mol. The van der Waals surface area contributed by atoms with Gasteiger partial charge in [0.05, 0.1) is 6.61 Å². The highest BCUT2D eigenvalue weighted by Gasteiger charge is 2.22.